The molecule has 1 aromatic carbocycles. The molecule has 154 valence electrons. The quantitative estimate of drug-likeness (QED) is 0.586. The molecule has 1 aromatic heterocycles. The van der Waals surface area contributed by atoms with Gasteiger partial charge in [-0.05, 0) is 63.1 Å². The maximum atomic E-state index is 13.0. The molecule has 1 heterocycles. The van der Waals surface area contributed by atoms with Crippen LogP contribution in [0.25, 0.3) is 10.9 Å². The molecule has 1 saturated carbocycles. The van der Waals surface area contributed by atoms with Crippen LogP contribution in [0.3, 0.4) is 0 Å². The number of amides is 1. The first kappa shape index (κ1) is 21.3. The van der Waals surface area contributed by atoms with Crippen molar-refractivity contribution in [2.75, 3.05) is 6.61 Å². The molecular weight excluding hydrogens is 420 g/mol. The van der Waals surface area contributed by atoms with Crippen molar-refractivity contribution >= 4 is 32.7 Å². The molecule has 1 amide bonds. The maximum Gasteiger partial charge on any atom is 0.253 e. The van der Waals surface area contributed by atoms with E-state index in [4.69, 9.17) is 4.74 Å². The van der Waals surface area contributed by atoms with E-state index in [2.05, 4.69) is 46.1 Å². The van der Waals surface area contributed by atoms with Gasteiger partial charge in [0.25, 0.3) is 5.91 Å². The van der Waals surface area contributed by atoms with Gasteiger partial charge >= 0.3 is 0 Å². The van der Waals surface area contributed by atoms with Crippen LogP contribution in [-0.4, -0.2) is 40.4 Å². The molecule has 0 radical (unpaired) electrons. The van der Waals surface area contributed by atoms with E-state index in [0.717, 1.165) is 41.1 Å². The number of carbonyl (C=O) groups excluding carboxylic acids is 1. The van der Waals surface area contributed by atoms with E-state index in [1.54, 1.807) is 13.8 Å². The molecule has 2 aromatic rings. The molecule has 1 fully saturated rings. The van der Waals surface area contributed by atoms with Crippen LogP contribution in [0.5, 0.6) is 0 Å². The number of benzene rings is 1. The van der Waals surface area contributed by atoms with Crippen LogP contribution in [0.15, 0.2) is 22.8 Å². The lowest BCUT2D eigenvalue weighted by atomic mass is 9.92. The molecule has 0 unspecified atom stereocenters. The number of H-pyrrole nitrogens is 1. The Balaban J connectivity index is 1.65. The number of hydrogen-bond acceptors (Lipinski definition) is 3. The van der Waals surface area contributed by atoms with Crippen LogP contribution in [0.4, 0.5) is 0 Å². The normalized spacial score (nSPS) is 20.7. The molecule has 3 rings (SSSR count). The number of nitrogens with one attached hydrogen (secondary N) is 2. The van der Waals surface area contributed by atoms with Gasteiger partial charge in [0, 0.05) is 22.1 Å². The molecule has 0 bridgehead atoms. The minimum atomic E-state index is -0.804. The molecule has 6 heteroatoms. The first-order valence-corrected chi connectivity index (χ1v) is 10.9. The summed E-state index contributed by atoms with van der Waals surface area (Å²) in [5.74, 6) is 0.349. The Kier molecular flexibility index (Phi) is 6.52. The van der Waals surface area contributed by atoms with Crippen molar-refractivity contribution in [2.45, 2.75) is 77.0 Å². The van der Waals surface area contributed by atoms with Crippen LogP contribution >= 0.6 is 15.9 Å². The zero-order chi connectivity index (χ0) is 20.5. The summed E-state index contributed by atoms with van der Waals surface area (Å²) in [6, 6.07) is 4.11. The molecule has 28 heavy (non-hydrogen) atoms. The van der Waals surface area contributed by atoms with Crippen molar-refractivity contribution in [3.8, 4) is 0 Å². The molecular formula is C22H31BrN2O3. The summed E-state index contributed by atoms with van der Waals surface area (Å²) in [7, 11) is 0. The molecule has 0 spiro atoms. The number of ether oxygens (including phenoxy) is 1. The Hall–Kier alpha value is -1.37. The molecule has 1 aliphatic carbocycles. The number of rotatable bonds is 6. The van der Waals surface area contributed by atoms with E-state index in [9.17, 15) is 9.90 Å². The van der Waals surface area contributed by atoms with Crippen molar-refractivity contribution in [2.24, 2.45) is 0 Å². The van der Waals surface area contributed by atoms with Gasteiger partial charge in [-0.15, -0.1) is 0 Å². The Morgan fingerprint density at radius 2 is 2.00 bits per heavy atom. The Morgan fingerprint density at radius 1 is 1.32 bits per heavy atom. The first-order chi connectivity index (χ1) is 13.1. The van der Waals surface area contributed by atoms with Gasteiger partial charge in [0.15, 0.2) is 0 Å². The Bertz CT molecular complexity index is 830. The molecule has 0 atom stereocenters. The van der Waals surface area contributed by atoms with Crippen LogP contribution in [0.2, 0.25) is 0 Å². The lowest BCUT2D eigenvalue weighted by Crippen LogP contribution is -2.40. The summed E-state index contributed by atoms with van der Waals surface area (Å²) >= 11 is 3.55. The van der Waals surface area contributed by atoms with Gasteiger partial charge in [0.05, 0.1) is 29.4 Å². The largest absolute Gasteiger partial charge is 0.388 e. The van der Waals surface area contributed by atoms with Crippen molar-refractivity contribution in [1.29, 1.82) is 0 Å². The minimum absolute atomic E-state index is 0.0377. The second kappa shape index (κ2) is 8.56. The lowest BCUT2D eigenvalue weighted by Gasteiger charge is -2.31. The average molecular weight is 451 g/mol. The van der Waals surface area contributed by atoms with Crippen LogP contribution < -0.4 is 5.32 Å². The third kappa shape index (κ3) is 5.16. The van der Waals surface area contributed by atoms with Gasteiger partial charge in [-0.3, -0.25) is 4.79 Å². The van der Waals surface area contributed by atoms with E-state index < -0.39 is 5.60 Å². The maximum absolute atomic E-state index is 13.0. The van der Waals surface area contributed by atoms with E-state index in [1.807, 2.05) is 12.3 Å². The summed E-state index contributed by atoms with van der Waals surface area (Å²) in [6.07, 6.45) is 5.74. The van der Waals surface area contributed by atoms with E-state index >= 15 is 0 Å². The Labute approximate surface area is 175 Å². The van der Waals surface area contributed by atoms with E-state index in [1.165, 1.54) is 5.56 Å². The number of halogens is 1. The van der Waals surface area contributed by atoms with Crippen molar-refractivity contribution < 1.29 is 14.6 Å². The Morgan fingerprint density at radius 3 is 2.61 bits per heavy atom. The minimum Gasteiger partial charge on any atom is -0.388 e. The summed E-state index contributed by atoms with van der Waals surface area (Å²) in [5.41, 5.74) is 1.99. The van der Waals surface area contributed by atoms with Gasteiger partial charge in [-0.1, -0.05) is 29.8 Å². The van der Waals surface area contributed by atoms with Crippen molar-refractivity contribution in [3.05, 3.63) is 33.9 Å². The van der Waals surface area contributed by atoms with Gasteiger partial charge in [-0.25, -0.2) is 0 Å². The second-order valence-corrected chi connectivity index (χ2v) is 9.76. The highest BCUT2D eigenvalue weighted by Crippen LogP contribution is 2.31. The summed E-state index contributed by atoms with van der Waals surface area (Å²) < 4.78 is 6.72. The van der Waals surface area contributed by atoms with Crippen molar-refractivity contribution in [3.63, 3.8) is 0 Å². The third-order valence-electron chi connectivity index (χ3n) is 5.33. The van der Waals surface area contributed by atoms with Crippen LogP contribution in [-0.2, 0) is 4.74 Å². The monoisotopic (exact) mass is 450 g/mol. The predicted molar refractivity (Wildman–Crippen MR) is 116 cm³/mol. The van der Waals surface area contributed by atoms with Gasteiger partial charge in [0.1, 0.15) is 0 Å². The summed E-state index contributed by atoms with van der Waals surface area (Å²) in [4.78, 5) is 16.3. The highest BCUT2D eigenvalue weighted by molar-refractivity contribution is 9.10. The van der Waals surface area contributed by atoms with Crippen LogP contribution in [0, 0.1) is 0 Å². The number of carbonyl (C=O) groups is 1. The molecule has 0 saturated heterocycles. The van der Waals surface area contributed by atoms with Gasteiger partial charge in [0.2, 0.25) is 0 Å². The molecule has 1 aliphatic rings. The number of aromatic nitrogens is 1. The smallest absolute Gasteiger partial charge is 0.253 e. The van der Waals surface area contributed by atoms with Gasteiger partial charge in [-0.2, -0.15) is 0 Å². The molecule has 0 aliphatic heterocycles. The summed E-state index contributed by atoms with van der Waals surface area (Å²) in [5, 5.41) is 14.1. The average Bonchev–Trinajstić information content (AvgIpc) is 3.03. The molecule has 5 nitrogen and oxygen atoms in total. The van der Waals surface area contributed by atoms with Crippen LogP contribution in [0.1, 0.15) is 75.2 Å². The fourth-order valence-corrected chi connectivity index (χ4v) is 4.29. The van der Waals surface area contributed by atoms with E-state index in [0.29, 0.717) is 18.1 Å². The summed E-state index contributed by atoms with van der Waals surface area (Å²) in [6.45, 7) is 8.16. The van der Waals surface area contributed by atoms with E-state index in [-0.39, 0.29) is 18.1 Å². The highest BCUT2D eigenvalue weighted by atomic mass is 79.9. The number of aliphatic hydroxyl groups is 1. The number of hydrogen-bond donors (Lipinski definition) is 3. The standard InChI is InChI=1S/C22H31BrN2O3/c1-13(2)19-11-24-20-17(19)9-14(23)10-18(20)21(26)25-15-5-7-16(8-6-15)28-12-22(3,4)27/h9-11,13,15-16,24,27H,5-8,12H2,1-4H3,(H,25,26). The lowest BCUT2D eigenvalue weighted by molar-refractivity contribution is -0.0640. The predicted octanol–water partition coefficient (Wildman–Crippen LogP) is 4.88. The zero-order valence-corrected chi connectivity index (χ0v) is 18.7. The molecule has 3 N–H and O–H groups in total. The van der Waals surface area contributed by atoms with Gasteiger partial charge < -0.3 is 20.1 Å². The number of aromatic amines is 1. The topological polar surface area (TPSA) is 74.4 Å². The fraction of sp³-hybridized carbons (Fsp3) is 0.591. The highest BCUT2D eigenvalue weighted by Gasteiger charge is 2.26. The first-order valence-electron chi connectivity index (χ1n) is 10.1. The third-order valence-corrected chi connectivity index (χ3v) is 5.79. The fourth-order valence-electron chi connectivity index (χ4n) is 3.83. The zero-order valence-electron chi connectivity index (χ0n) is 17.1. The van der Waals surface area contributed by atoms with Crippen molar-refractivity contribution in [1.82, 2.24) is 10.3 Å². The second-order valence-electron chi connectivity index (χ2n) is 8.85. The number of fused-ring (bicyclic) bond motifs is 1. The SMILES string of the molecule is CC(C)c1c[nH]c2c(C(=O)NC3CCC(OCC(C)(C)O)CC3)cc(Br)cc12.